The van der Waals surface area contributed by atoms with Crippen molar-refractivity contribution in [3.63, 3.8) is 0 Å². The molecule has 0 aliphatic rings. The first-order valence-corrected chi connectivity index (χ1v) is 6.31. The Hall–Kier alpha value is -1.24. The fourth-order valence-electron chi connectivity index (χ4n) is 1.46. The summed E-state index contributed by atoms with van der Waals surface area (Å²) in [5.74, 6) is -0.381. The van der Waals surface area contributed by atoms with Crippen molar-refractivity contribution in [1.29, 1.82) is 0 Å². The number of carbonyl (C=O) groups is 1. The molecule has 7 heteroatoms. The zero-order chi connectivity index (χ0) is 14.5. The van der Waals surface area contributed by atoms with E-state index >= 15 is 0 Å². The fourth-order valence-corrected chi connectivity index (χ4v) is 1.82. The summed E-state index contributed by atoms with van der Waals surface area (Å²) < 4.78 is 43.2. The predicted octanol–water partition coefficient (Wildman–Crippen LogP) is 3.83. The maximum Gasteiger partial charge on any atom is 0.418 e. The average molecular weight is 340 g/mol. The van der Waals surface area contributed by atoms with E-state index in [1.807, 2.05) is 0 Å². The van der Waals surface area contributed by atoms with Crippen LogP contribution in [0.15, 0.2) is 22.7 Å². The van der Waals surface area contributed by atoms with Crippen molar-refractivity contribution in [3.05, 3.63) is 28.2 Å². The van der Waals surface area contributed by atoms with Crippen molar-refractivity contribution >= 4 is 27.6 Å². The number of nitrogens with one attached hydrogen (secondary N) is 1. The molecule has 0 spiro atoms. The summed E-state index contributed by atoms with van der Waals surface area (Å²) in [6.07, 6.45) is -3.85. The summed E-state index contributed by atoms with van der Waals surface area (Å²) in [5.41, 5.74) is -0.736. The van der Waals surface area contributed by atoms with Gasteiger partial charge in [-0.3, -0.25) is 4.79 Å². The molecule has 0 heterocycles. The van der Waals surface area contributed by atoms with Gasteiger partial charge in [0.05, 0.1) is 12.7 Å². The van der Waals surface area contributed by atoms with Crippen LogP contribution in [-0.4, -0.2) is 19.6 Å². The quantitative estimate of drug-likeness (QED) is 0.654. The molecule has 0 saturated heterocycles. The molecule has 19 heavy (non-hydrogen) atoms. The molecule has 0 aliphatic heterocycles. The van der Waals surface area contributed by atoms with Gasteiger partial charge in [-0.25, -0.2) is 0 Å². The highest BCUT2D eigenvalue weighted by Crippen LogP contribution is 2.36. The zero-order valence-corrected chi connectivity index (χ0v) is 11.8. The third kappa shape index (κ3) is 5.10. The van der Waals surface area contributed by atoms with Crippen LogP contribution in [-0.2, 0) is 15.7 Å². The number of rotatable bonds is 5. The first kappa shape index (κ1) is 15.8. The van der Waals surface area contributed by atoms with Gasteiger partial charge in [0.2, 0.25) is 0 Å². The number of benzene rings is 1. The van der Waals surface area contributed by atoms with E-state index in [0.29, 0.717) is 10.9 Å². The van der Waals surface area contributed by atoms with E-state index in [1.165, 1.54) is 19.2 Å². The number of hydrogen-bond acceptors (Lipinski definition) is 3. The lowest BCUT2D eigenvalue weighted by Gasteiger charge is -2.14. The van der Waals surface area contributed by atoms with E-state index < -0.39 is 11.7 Å². The number of ether oxygens (including phenoxy) is 1. The molecule has 0 aromatic heterocycles. The van der Waals surface area contributed by atoms with Crippen LogP contribution < -0.4 is 5.32 Å². The molecule has 0 saturated carbocycles. The molecule has 0 bridgehead atoms. The van der Waals surface area contributed by atoms with Crippen molar-refractivity contribution in [3.8, 4) is 0 Å². The molecule has 0 unspecified atom stereocenters. The highest BCUT2D eigenvalue weighted by atomic mass is 79.9. The maximum atomic E-state index is 12.8. The van der Waals surface area contributed by atoms with Gasteiger partial charge in [-0.2, -0.15) is 13.2 Å². The largest absolute Gasteiger partial charge is 0.469 e. The molecule has 0 aliphatic carbocycles. The highest BCUT2D eigenvalue weighted by molar-refractivity contribution is 9.10. The molecule has 0 radical (unpaired) electrons. The van der Waals surface area contributed by atoms with Gasteiger partial charge in [0, 0.05) is 23.1 Å². The second kappa shape index (κ2) is 6.79. The molecule has 1 N–H and O–H groups in total. The Morgan fingerprint density at radius 2 is 2.11 bits per heavy atom. The summed E-state index contributed by atoms with van der Waals surface area (Å²) >= 11 is 3.01. The van der Waals surface area contributed by atoms with Crippen LogP contribution in [0.1, 0.15) is 18.4 Å². The molecule has 1 rings (SSSR count). The number of anilines is 1. The summed E-state index contributed by atoms with van der Waals surface area (Å²) in [4.78, 5) is 10.9. The molecular formula is C12H13BrF3NO2. The first-order chi connectivity index (χ1) is 8.84. The van der Waals surface area contributed by atoms with Gasteiger partial charge in [-0.1, -0.05) is 15.9 Å². The van der Waals surface area contributed by atoms with E-state index in [1.54, 1.807) is 0 Å². The number of carbonyl (C=O) groups excluding carboxylic acids is 1. The molecule has 1 aromatic carbocycles. The minimum Gasteiger partial charge on any atom is -0.469 e. The van der Waals surface area contributed by atoms with Crippen molar-refractivity contribution in [1.82, 2.24) is 0 Å². The SMILES string of the molecule is COC(=O)CCCNc1ccc(Br)cc1C(F)(F)F. The van der Waals surface area contributed by atoms with Crippen LogP contribution in [0.25, 0.3) is 0 Å². The van der Waals surface area contributed by atoms with E-state index in [4.69, 9.17) is 0 Å². The van der Waals surface area contributed by atoms with E-state index in [2.05, 4.69) is 26.0 Å². The summed E-state index contributed by atoms with van der Waals surface area (Å²) in [6.45, 7) is 0.264. The van der Waals surface area contributed by atoms with Gasteiger partial charge >= 0.3 is 12.1 Å². The van der Waals surface area contributed by atoms with E-state index in [9.17, 15) is 18.0 Å². The number of esters is 1. The molecule has 0 fully saturated rings. The van der Waals surface area contributed by atoms with Crippen LogP contribution in [0.3, 0.4) is 0 Å². The standard InChI is InChI=1S/C12H13BrF3NO2/c1-19-11(18)3-2-6-17-10-5-4-8(13)7-9(10)12(14,15)16/h4-5,7,17H,2-3,6H2,1H3. The minimum atomic E-state index is -4.42. The van der Waals surface area contributed by atoms with Gasteiger partial charge in [-0.05, 0) is 24.6 Å². The van der Waals surface area contributed by atoms with Gasteiger partial charge < -0.3 is 10.1 Å². The lowest BCUT2D eigenvalue weighted by molar-refractivity contribution is -0.140. The summed E-state index contributed by atoms with van der Waals surface area (Å²) in [5, 5.41) is 2.68. The second-order valence-corrected chi connectivity index (χ2v) is 4.71. The van der Waals surface area contributed by atoms with Crippen molar-refractivity contribution in [2.45, 2.75) is 19.0 Å². The molecule has 3 nitrogen and oxygen atoms in total. The molecule has 106 valence electrons. The summed E-state index contributed by atoms with van der Waals surface area (Å²) in [7, 11) is 1.27. The second-order valence-electron chi connectivity index (χ2n) is 3.79. The average Bonchev–Trinajstić information content (AvgIpc) is 2.34. The topological polar surface area (TPSA) is 38.3 Å². The smallest absolute Gasteiger partial charge is 0.418 e. The third-order valence-corrected chi connectivity index (χ3v) is 2.88. The Kier molecular flexibility index (Phi) is 5.65. The lowest BCUT2D eigenvalue weighted by Crippen LogP contribution is -2.12. The van der Waals surface area contributed by atoms with Crippen LogP contribution in [0, 0.1) is 0 Å². The summed E-state index contributed by atoms with van der Waals surface area (Å²) in [6, 6.07) is 3.89. The van der Waals surface area contributed by atoms with Crippen LogP contribution in [0.5, 0.6) is 0 Å². The third-order valence-electron chi connectivity index (χ3n) is 2.39. The van der Waals surface area contributed by atoms with E-state index in [-0.39, 0.29) is 24.6 Å². The van der Waals surface area contributed by atoms with E-state index in [0.717, 1.165) is 6.07 Å². The van der Waals surface area contributed by atoms with Crippen LogP contribution >= 0.6 is 15.9 Å². The van der Waals surface area contributed by atoms with Crippen LogP contribution in [0.2, 0.25) is 0 Å². The van der Waals surface area contributed by atoms with Gasteiger partial charge in [0.25, 0.3) is 0 Å². The van der Waals surface area contributed by atoms with Crippen molar-refractivity contribution in [2.75, 3.05) is 19.0 Å². The zero-order valence-electron chi connectivity index (χ0n) is 10.2. The van der Waals surface area contributed by atoms with Crippen molar-refractivity contribution in [2.24, 2.45) is 0 Å². The van der Waals surface area contributed by atoms with Gasteiger partial charge in [-0.15, -0.1) is 0 Å². The lowest BCUT2D eigenvalue weighted by atomic mass is 10.1. The molecule has 0 amide bonds. The maximum absolute atomic E-state index is 12.8. The molecule has 0 atom stereocenters. The Bertz CT molecular complexity index is 449. The Labute approximate surface area is 117 Å². The predicted molar refractivity (Wildman–Crippen MR) is 68.9 cm³/mol. The number of methoxy groups -OCH3 is 1. The Morgan fingerprint density at radius 3 is 2.68 bits per heavy atom. The Morgan fingerprint density at radius 1 is 1.42 bits per heavy atom. The van der Waals surface area contributed by atoms with Gasteiger partial charge in [0.1, 0.15) is 0 Å². The van der Waals surface area contributed by atoms with Crippen molar-refractivity contribution < 1.29 is 22.7 Å². The van der Waals surface area contributed by atoms with Gasteiger partial charge in [0.15, 0.2) is 0 Å². The normalized spacial score (nSPS) is 11.2. The minimum absolute atomic E-state index is 0.000524. The molecular weight excluding hydrogens is 327 g/mol. The number of alkyl halides is 3. The fraction of sp³-hybridized carbons (Fsp3) is 0.417. The van der Waals surface area contributed by atoms with Crippen LogP contribution in [0.4, 0.5) is 18.9 Å². The monoisotopic (exact) mass is 339 g/mol. The first-order valence-electron chi connectivity index (χ1n) is 5.52. The highest BCUT2D eigenvalue weighted by Gasteiger charge is 2.33. The number of hydrogen-bond donors (Lipinski definition) is 1. The Balaban J connectivity index is 2.66. The molecule has 1 aromatic rings. The number of halogens is 4.